The summed E-state index contributed by atoms with van der Waals surface area (Å²) in [6.45, 7) is 9.94. The molecule has 1 N–H and O–H groups in total. The normalized spacial score (nSPS) is 14.6. The number of thiazole rings is 1. The molecule has 1 aromatic carbocycles. The number of aromatic nitrogens is 1. The highest BCUT2D eigenvalue weighted by molar-refractivity contribution is 7.89. The molecule has 7 nitrogen and oxygen atoms in total. The lowest BCUT2D eigenvalue weighted by Crippen LogP contribution is -2.31. The first-order valence-electron chi connectivity index (χ1n) is 9.92. The lowest BCUT2D eigenvalue weighted by atomic mass is 10.1. The van der Waals surface area contributed by atoms with Gasteiger partial charge in [0.2, 0.25) is 10.0 Å². The molecular weight excluding hydrogens is 408 g/mol. The van der Waals surface area contributed by atoms with Gasteiger partial charge in [-0.25, -0.2) is 13.4 Å². The predicted molar refractivity (Wildman–Crippen MR) is 118 cm³/mol. The highest BCUT2D eigenvalue weighted by Crippen LogP contribution is 2.30. The molecule has 2 aromatic rings. The molecule has 29 heavy (non-hydrogen) atoms. The van der Waals surface area contributed by atoms with Crippen LogP contribution < -0.4 is 10.2 Å². The smallest absolute Gasteiger partial charge is 0.259 e. The fraction of sp³-hybridized carbons (Fsp3) is 0.500. The molecule has 1 amide bonds. The number of aryl methyl sites for hydroxylation is 2. The van der Waals surface area contributed by atoms with Gasteiger partial charge in [0, 0.05) is 36.7 Å². The molecule has 1 fully saturated rings. The average Bonchev–Trinajstić information content (AvgIpc) is 3.32. The van der Waals surface area contributed by atoms with Gasteiger partial charge in [-0.2, -0.15) is 4.31 Å². The topological polar surface area (TPSA) is 82.6 Å². The van der Waals surface area contributed by atoms with Crippen LogP contribution in [0, 0.1) is 13.8 Å². The maximum Gasteiger partial charge on any atom is 0.259 e. The van der Waals surface area contributed by atoms with E-state index in [9.17, 15) is 13.2 Å². The second-order valence-electron chi connectivity index (χ2n) is 7.08. The number of nitrogens with one attached hydrogen (secondary N) is 1. The number of anilines is 2. The van der Waals surface area contributed by atoms with Crippen molar-refractivity contribution < 1.29 is 13.2 Å². The van der Waals surface area contributed by atoms with E-state index >= 15 is 0 Å². The standard InChI is InChI=1S/C20H28N4O3S2/c1-5-24(6-2)29(26,27)16-9-10-18(23-11-7-8-12-23)17(13-16)19(25)22-20-21-14(3)15(4)28-20/h9-10,13H,5-8,11-12H2,1-4H3,(H,21,22,25). The first-order valence-corrected chi connectivity index (χ1v) is 12.2. The van der Waals surface area contributed by atoms with Gasteiger partial charge in [-0.1, -0.05) is 13.8 Å². The average molecular weight is 437 g/mol. The summed E-state index contributed by atoms with van der Waals surface area (Å²) in [5.41, 5.74) is 2.01. The van der Waals surface area contributed by atoms with Crippen molar-refractivity contribution in [3.63, 3.8) is 0 Å². The third-order valence-corrected chi connectivity index (χ3v) is 8.29. The van der Waals surface area contributed by atoms with Crippen LogP contribution in [0.2, 0.25) is 0 Å². The number of carbonyl (C=O) groups is 1. The second-order valence-corrected chi connectivity index (χ2v) is 10.2. The van der Waals surface area contributed by atoms with Gasteiger partial charge in [0.15, 0.2) is 5.13 Å². The van der Waals surface area contributed by atoms with Gasteiger partial charge in [-0.15, -0.1) is 11.3 Å². The lowest BCUT2D eigenvalue weighted by Gasteiger charge is -2.23. The minimum absolute atomic E-state index is 0.140. The summed E-state index contributed by atoms with van der Waals surface area (Å²) >= 11 is 1.41. The summed E-state index contributed by atoms with van der Waals surface area (Å²) in [5, 5.41) is 3.38. The van der Waals surface area contributed by atoms with Crippen LogP contribution in [0.4, 0.5) is 10.8 Å². The van der Waals surface area contributed by atoms with E-state index in [-0.39, 0.29) is 10.8 Å². The molecule has 1 aliphatic heterocycles. The van der Waals surface area contributed by atoms with Crippen LogP contribution >= 0.6 is 11.3 Å². The second kappa shape index (κ2) is 8.81. The molecule has 0 radical (unpaired) electrons. The molecule has 0 bridgehead atoms. The number of hydrogen-bond acceptors (Lipinski definition) is 6. The van der Waals surface area contributed by atoms with Crippen molar-refractivity contribution in [1.29, 1.82) is 0 Å². The SMILES string of the molecule is CCN(CC)S(=O)(=O)c1ccc(N2CCCC2)c(C(=O)Nc2nc(C)c(C)s2)c1. The summed E-state index contributed by atoms with van der Waals surface area (Å²) in [6.07, 6.45) is 2.12. The number of benzene rings is 1. The van der Waals surface area contributed by atoms with Crippen LogP contribution in [0.25, 0.3) is 0 Å². The first-order chi connectivity index (χ1) is 13.8. The number of rotatable bonds is 7. The summed E-state index contributed by atoms with van der Waals surface area (Å²) < 4.78 is 27.4. The van der Waals surface area contributed by atoms with E-state index in [4.69, 9.17) is 0 Å². The van der Waals surface area contributed by atoms with E-state index in [1.54, 1.807) is 26.0 Å². The molecule has 1 saturated heterocycles. The van der Waals surface area contributed by atoms with E-state index in [1.165, 1.54) is 21.7 Å². The molecule has 3 rings (SSSR count). The molecule has 0 saturated carbocycles. The Bertz CT molecular complexity index is 972. The Labute approximate surface area is 176 Å². The van der Waals surface area contributed by atoms with E-state index in [0.29, 0.717) is 23.8 Å². The minimum atomic E-state index is -3.65. The highest BCUT2D eigenvalue weighted by Gasteiger charge is 2.26. The lowest BCUT2D eigenvalue weighted by molar-refractivity contribution is 0.102. The molecule has 0 spiro atoms. The Hall–Kier alpha value is -1.97. The Balaban J connectivity index is 2.02. The Morgan fingerprint density at radius 3 is 2.41 bits per heavy atom. The minimum Gasteiger partial charge on any atom is -0.371 e. The zero-order chi connectivity index (χ0) is 21.2. The van der Waals surface area contributed by atoms with Gasteiger partial charge in [0.1, 0.15) is 0 Å². The maximum absolute atomic E-state index is 13.1. The number of nitrogens with zero attached hydrogens (tertiary/aromatic N) is 3. The predicted octanol–water partition coefficient (Wildman–Crippen LogP) is 3.64. The fourth-order valence-electron chi connectivity index (χ4n) is 3.49. The quantitative estimate of drug-likeness (QED) is 0.716. The number of carbonyl (C=O) groups excluding carboxylic acids is 1. The van der Waals surface area contributed by atoms with Crippen molar-refractivity contribution >= 4 is 38.1 Å². The third kappa shape index (κ3) is 4.46. The molecule has 1 aromatic heterocycles. The van der Waals surface area contributed by atoms with E-state index in [1.807, 2.05) is 13.8 Å². The summed E-state index contributed by atoms with van der Waals surface area (Å²) in [4.78, 5) is 20.8. The van der Waals surface area contributed by atoms with Crippen LogP contribution in [0.1, 0.15) is 47.6 Å². The largest absolute Gasteiger partial charge is 0.371 e. The van der Waals surface area contributed by atoms with Crippen molar-refractivity contribution in [2.24, 2.45) is 0 Å². The van der Waals surface area contributed by atoms with Gasteiger partial charge >= 0.3 is 0 Å². The number of sulfonamides is 1. The number of hydrogen-bond donors (Lipinski definition) is 1. The molecule has 9 heteroatoms. The van der Waals surface area contributed by atoms with E-state index < -0.39 is 10.0 Å². The summed E-state index contributed by atoms with van der Waals surface area (Å²) in [5.74, 6) is -0.336. The van der Waals surface area contributed by atoms with Crippen molar-refractivity contribution in [1.82, 2.24) is 9.29 Å². The highest BCUT2D eigenvalue weighted by atomic mass is 32.2. The zero-order valence-electron chi connectivity index (χ0n) is 17.4. The zero-order valence-corrected chi connectivity index (χ0v) is 19.0. The van der Waals surface area contributed by atoms with Crippen LogP contribution in [0.5, 0.6) is 0 Å². The third-order valence-electron chi connectivity index (χ3n) is 5.25. The maximum atomic E-state index is 13.1. The van der Waals surface area contributed by atoms with Crippen molar-refractivity contribution in [3.05, 3.63) is 34.3 Å². The summed E-state index contributed by atoms with van der Waals surface area (Å²) in [7, 11) is -3.65. The molecule has 1 aliphatic rings. The fourth-order valence-corrected chi connectivity index (χ4v) is 5.79. The van der Waals surface area contributed by atoms with Gasteiger partial charge in [0.25, 0.3) is 5.91 Å². The van der Waals surface area contributed by atoms with Crippen molar-refractivity contribution in [3.8, 4) is 0 Å². The molecular formula is C20H28N4O3S2. The van der Waals surface area contributed by atoms with Gasteiger partial charge in [0.05, 0.1) is 16.2 Å². The van der Waals surface area contributed by atoms with Gasteiger partial charge in [-0.3, -0.25) is 10.1 Å². The molecule has 2 heterocycles. The Morgan fingerprint density at radius 2 is 1.86 bits per heavy atom. The summed E-state index contributed by atoms with van der Waals surface area (Å²) in [6, 6.07) is 4.87. The number of amides is 1. The molecule has 0 aliphatic carbocycles. The Morgan fingerprint density at radius 1 is 1.21 bits per heavy atom. The van der Waals surface area contributed by atoms with E-state index in [0.717, 1.165) is 42.2 Å². The Kier molecular flexibility index (Phi) is 6.60. The van der Waals surface area contributed by atoms with Crippen LogP contribution in [0.15, 0.2) is 23.1 Å². The molecule has 158 valence electrons. The van der Waals surface area contributed by atoms with E-state index in [2.05, 4.69) is 15.2 Å². The monoisotopic (exact) mass is 436 g/mol. The van der Waals surface area contributed by atoms with Gasteiger partial charge < -0.3 is 4.90 Å². The molecule has 0 atom stereocenters. The van der Waals surface area contributed by atoms with Gasteiger partial charge in [-0.05, 0) is 44.9 Å². The van der Waals surface area contributed by atoms with Crippen molar-refractivity contribution in [2.75, 3.05) is 36.4 Å². The van der Waals surface area contributed by atoms with Crippen LogP contribution in [-0.4, -0.2) is 49.8 Å². The van der Waals surface area contributed by atoms with Crippen LogP contribution in [0.3, 0.4) is 0 Å². The first kappa shape index (κ1) is 21.7. The van der Waals surface area contributed by atoms with Crippen LogP contribution in [-0.2, 0) is 10.0 Å². The van der Waals surface area contributed by atoms with Crippen molar-refractivity contribution in [2.45, 2.75) is 45.4 Å². The molecule has 0 unspecified atom stereocenters.